The third kappa shape index (κ3) is 2.77. The van der Waals surface area contributed by atoms with Gasteiger partial charge in [-0.1, -0.05) is 24.3 Å². The van der Waals surface area contributed by atoms with Crippen molar-refractivity contribution in [2.24, 2.45) is 0 Å². The fourth-order valence-corrected chi connectivity index (χ4v) is 2.84. The van der Waals surface area contributed by atoms with E-state index in [1.807, 2.05) is 19.4 Å². The minimum atomic E-state index is 0.446. The molecule has 3 heteroatoms. The molecule has 0 atom stereocenters. The Labute approximate surface area is 114 Å². The van der Waals surface area contributed by atoms with E-state index in [9.17, 15) is 0 Å². The van der Waals surface area contributed by atoms with Crippen LogP contribution >= 0.6 is 0 Å². The average Bonchev–Trinajstić information content (AvgIpc) is 2.48. The molecule has 0 saturated carbocycles. The van der Waals surface area contributed by atoms with E-state index in [-0.39, 0.29) is 0 Å². The first-order chi connectivity index (χ1) is 9.36. The highest BCUT2D eigenvalue weighted by Gasteiger charge is 2.19. The topological polar surface area (TPSA) is 25.4 Å². The standard InChI is InChI=1S/C16H20N2O/c1-19-15-7-10-18(11-8-15)12-14-5-2-4-13-6-3-9-17-16(13)14/h2-6,9,15H,7-8,10-12H2,1H3. The van der Waals surface area contributed by atoms with Crippen molar-refractivity contribution < 1.29 is 4.74 Å². The largest absolute Gasteiger partial charge is 0.381 e. The number of piperidine rings is 1. The lowest BCUT2D eigenvalue weighted by Crippen LogP contribution is -2.36. The Morgan fingerprint density at radius 2 is 2.00 bits per heavy atom. The number of benzene rings is 1. The lowest BCUT2D eigenvalue weighted by atomic mass is 10.1. The van der Waals surface area contributed by atoms with Crippen LogP contribution < -0.4 is 0 Å². The zero-order valence-corrected chi connectivity index (χ0v) is 11.4. The van der Waals surface area contributed by atoms with Gasteiger partial charge in [0.15, 0.2) is 0 Å². The number of aromatic nitrogens is 1. The highest BCUT2D eigenvalue weighted by Crippen LogP contribution is 2.20. The van der Waals surface area contributed by atoms with Crippen LogP contribution in [0.2, 0.25) is 0 Å². The van der Waals surface area contributed by atoms with E-state index >= 15 is 0 Å². The zero-order valence-electron chi connectivity index (χ0n) is 11.4. The summed E-state index contributed by atoms with van der Waals surface area (Å²) in [5.41, 5.74) is 2.47. The molecule has 0 unspecified atom stereocenters. The molecular formula is C16H20N2O. The maximum absolute atomic E-state index is 5.42. The number of fused-ring (bicyclic) bond motifs is 1. The number of para-hydroxylation sites is 1. The van der Waals surface area contributed by atoms with Gasteiger partial charge in [-0.2, -0.15) is 0 Å². The lowest BCUT2D eigenvalue weighted by molar-refractivity contribution is 0.0390. The number of ether oxygens (including phenoxy) is 1. The molecular weight excluding hydrogens is 236 g/mol. The minimum absolute atomic E-state index is 0.446. The molecule has 0 radical (unpaired) electrons. The van der Waals surface area contributed by atoms with Crippen molar-refractivity contribution in [1.29, 1.82) is 0 Å². The van der Waals surface area contributed by atoms with Gasteiger partial charge in [-0.3, -0.25) is 9.88 Å². The van der Waals surface area contributed by atoms with Gasteiger partial charge in [-0.25, -0.2) is 0 Å². The van der Waals surface area contributed by atoms with Crippen molar-refractivity contribution in [2.45, 2.75) is 25.5 Å². The second-order valence-electron chi connectivity index (χ2n) is 5.20. The van der Waals surface area contributed by atoms with Crippen LogP contribution in [0.15, 0.2) is 36.5 Å². The average molecular weight is 256 g/mol. The van der Waals surface area contributed by atoms with Gasteiger partial charge in [0.25, 0.3) is 0 Å². The van der Waals surface area contributed by atoms with Crippen molar-refractivity contribution in [3.63, 3.8) is 0 Å². The molecule has 3 rings (SSSR count). The van der Waals surface area contributed by atoms with E-state index in [2.05, 4.69) is 34.1 Å². The monoisotopic (exact) mass is 256 g/mol. The summed E-state index contributed by atoms with van der Waals surface area (Å²) in [6.07, 6.45) is 4.59. The third-order valence-electron chi connectivity index (χ3n) is 3.98. The van der Waals surface area contributed by atoms with Crippen LogP contribution in [0, 0.1) is 0 Å². The number of hydrogen-bond donors (Lipinski definition) is 0. The Morgan fingerprint density at radius 1 is 1.21 bits per heavy atom. The van der Waals surface area contributed by atoms with Crippen LogP contribution in [0.25, 0.3) is 10.9 Å². The summed E-state index contributed by atoms with van der Waals surface area (Å²) in [5.74, 6) is 0. The summed E-state index contributed by atoms with van der Waals surface area (Å²) in [5, 5.41) is 1.23. The van der Waals surface area contributed by atoms with E-state index in [4.69, 9.17) is 4.74 Å². The molecule has 1 saturated heterocycles. The normalized spacial score (nSPS) is 17.9. The molecule has 0 amide bonds. The Balaban J connectivity index is 1.75. The predicted octanol–water partition coefficient (Wildman–Crippen LogP) is 2.85. The number of nitrogens with zero attached hydrogens (tertiary/aromatic N) is 2. The van der Waals surface area contributed by atoms with Gasteiger partial charge in [-0.15, -0.1) is 0 Å². The molecule has 2 aromatic rings. The molecule has 1 aliphatic heterocycles. The van der Waals surface area contributed by atoms with Gasteiger partial charge in [0, 0.05) is 38.3 Å². The summed E-state index contributed by atoms with van der Waals surface area (Å²) in [4.78, 5) is 7.03. The van der Waals surface area contributed by atoms with E-state index in [0.29, 0.717) is 6.10 Å². The number of hydrogen-bond acceptors (Lipinski definition) is 3. The van der Waals surface area contributed by atoms with E-state index in [0.717, 1.165) is 38.0 Å². The Bertz CT molecular complexity index is 542. The number of rotatable bonds is 3. The smallest absolute Gasteiger partial charge is 0.0746 e. The van der Waals surface area contributed by atoms with Crippen molar-refractivity contribution in [3.05, 3.63) is 42.1 Å². The molecule has 0 spiro atoms. The van der Waals surface area contributed by atoms with E-state index in [1.54, 1.807) is 0 Å². The van der Waals surface area contributed by atoms with Gasteiger partial charge in [-0.05, 0) is 24.5 Å². The van der Waals surface area contributed by atoms with Crippen molar-refractivity contribution in [3.8, 4) is 0 Å². The first-order valence-corrected chi connectivity index (χ1v) is 6.94. The summed E-state index contributed by atoms with van der Waals surface area (Å²) in [6, 6.07) is 10.6. The maximum Gasteiger partial charge on any atom is 0.0746 e. The fraction of sp³-hybridized carbons (Fsp3) is 0.438. The maximum atomic E-state index is 5.42. The molecule has 1 fully saturated rings. The first kappa shape index (κ1) is 12.6. The van der Waals surface area contributed by atoms with E-state index < -0.39 is 0 Å². The lowest BCUT2D eigenvalue weighted by Gasteiger charge is -2.31. The zero-order chi connectivity index (χ0) is 13.1. The number of likely N-dealkylation sites (tertiary alicyclic amines) is 1. The molecule has 0 N–H and O–H groups in total. The van der Waals surface area contributed by atoms with Gasteiger partial charge in [0.1, 0.15) is 0 Å². The van der Waals surface area contributed by atoms with Crippen molar-refractivity contribution >= 4 is 10.9 Å². The molecule has 1 aliphatic rings. The van der Waals surface area contributed by atoms with Gasteiger partial charge < -0.3 is 4.74 Å². The van der Waals surface area contributed by atoms with Crippen LogP contribution in [0.5, 0.6) is 0 Å². The second-order valence-corrected chi connectivity index (χ2v) is 5.20. The molecule has 0 aliphatic carbocycles. The summed E-state index contributed by atoms with van der Waals surface area (Å²) in [7, 11) is 1.81. The molecule has 1 aromatic carbocycles. The Morgan fingerprint density at radius 3 is 2.79 bits per heavy atom. The molecule has 3 nitrogen and oxygen atoms in total. The SMILES string of the molecule is COC1CCN(Cc2cccc3cccnc23)CC1. The highest BCUT2D eigenvalue weighted by molar-refractivity contribution is 5.81. The van der Waals surface area contributed by atoms with Crippen LogP contribution in [0.4, 0.5) is 0 Å². The fourth-order valence-electron chi connectivity index (χ4n) is 2.84. The second kappa shape index (κ2) is 5.68. The van der Waals surface area contributed by atoms with Crippen molar-refractivity contribution in [1.82, 2.24) is 9.88 Å². The van der Waals surface area contributed by atoms with Crippen molar-refractivity contribution in [2.75, 3.05) is 20.2 Å². The summed E-state index contributed by atoms with van der Waals surface area (Å²) in [6.45, 7) is 3.22. The highest BCUT2D eigenvalue weighted by atomic mass is 16.5. The van der Waals surface area contributed by atoms with Crippen LogP contribution in [0.1, 0.15) is 18.4 Å². The Hall–Kier alpha value is -1.45. The van der Waals surface area contributed by atoms with E-state index in [1.165, 1.54) is 10.9 Å². The van der Waals surface area contributed by atoms with Gasteiger partial charge in [0.2, 0.25) is 0 Å². The van der Waals surface area contributed by atoms with Crippen LogP contribution in [0.3, 0.4) is 0 Å². The molecule has 100 valence electrons. The summed E-state index contributed by atoms with van der Waals surface area (Å²) >= 11 is 0. The Kier molecular flexibility index (Phi) is 3.76. The van der Waals surface area contributed by atoms with Crippen LogP contribution in [-0.2, 0) is 11.3 Å². The number of methoxy groups -OCH3 is 1. The minimum Gasteiger partial charge on any atom is -0.381 e. The first-order valence-electron chi connectivity index (χ1n) is 6.94. The quantitative estimate of drug-likeness (QED) is 0.844. The molecule has 2 heterocycles. The summed E-state index contributed by atoms with van der Waals surface area (Å²) < 4.78 is 5.42. The number of pyridine rings is 1. The van der Waals surface area contributed by atoms with Gasteiger partial charge in [0.05, 0.1) is 11.6 Å². The van der Waals surface area contributed by atoms with Crippen LogP contribution in [-0.4, -0.2) is 36.2 Å². The third-order valence-corrected chi connectivity index (χ3v) is 3.98. The van der Waals surface area contributed by atoms with Gasteiger partial charge >= 0.3 is 0 Å². The predicted molar refractivity (Wildman–Crippen MR) is 77.1 cm³/mol. The molecule has 1 aromatic heterocycles. The molecule has 0 bridgehead atoms. The molecule has 19 heavy (non-hydrogen) atoms.